The first-order chi connectivity index (χ1) is 12.6. The molecule has 0 amide bonds. The molecular weight excluding hydrogens is 364 g/mol. The molecule has 0 spiro atoms. The summed E-state index contributed by atoms with van der Waals surface area (Å²) >= 11 is 0. The van der Waals surface area contributed by atoms with Crippen LogP contribution in [0.3, 0.4) is 0 Å². The number of alkyl halides is 2. The quantitative estimate of drug-likeness (QED) is 0.315. The standard InChI is InChI=1S/C17H17F2N3O5/c1-9-16(10(2)21(3)20-9)13(23)6-5-11-7-14(26-4)15(27-17(18)19)8-12(11)22(24)25/h5-8,17H,1-4H3/b6-5+. The van der Waals surface area contributed by atoms with Gasteiger partial charge in [-0.05, 0) is 32.1 Å². The summed E-state index contributed by atoms with van der Waals surface area (Å²) in [5.41, 5.74) is 1.06. The lowest BCUT2D eigenvalue weighted by molar-refractivity contribution is -0.385. The van der Waals surface area contributed by atoms with Gasteiger partial charge in [-0.1, -0.05) is 0 Å². The summed E-state index contributed by atoms with van der Waals surface area (Å²) in [5.74, 6) is -0.984. The normalized spacial score (nSPS) is 11.2. The number of rotatable bonds is 7. The lowest BCUT2D eigenvalue weighted by Crippen LogP contribution is -2.05. The monoisotopic (exact) mass is 381 g/mol. The number of ketones is 1. The first kappa shape index (κ1) is 20.0. The van der Waals surface area contributed by atoms with E-state index in [0.29, 0.717) is 17.0 Å². The smallest absolute Gasteiger partial charge is 0.387 e. The molecule has 144 valence electrons. The molecule has 2 rings (SSSR count). The van der Waals surface area contributed by atoms with Crippen LogP contribution in [0.4, 0.5) is 14.5 Å². The highest BCUT2D eigenvalue weighted by Gasteiger charge is 2.21. The van der Waals surface area contributed by atoms with E-state index in [2.05, 4.69) is 9.84 Å². The minimum Gasteiger partial charge on any atom is -0.493 e. The molecule has 0 aliphatic carbocycles. The van der Waals surface area contributed by atoms with Crippen molar-refractivity contribution in [3.05, 3.63) is 50.8 Å². The van der Waals surface area contributed by atoms with Crippen LogP contribution in [0.1, 0.15) is 27.3 Å². The molecule has 0 saturated carbocycles. The van der Waals surface area contributed by atoms with E-state index in [4.69, 9.17) is 4.74 Å². The van der Waals surface area contributed by atoms with E-state index in [-0.39, 0.29) is 17.1 Å². The summed E-state index contributed by atoms with van der Waals surface area (Å²) in [6.45, 7) is 0.233. The van der Waals surface area contributed by atoms with Gasteiger partial charge in [-0.3, -0.25) is 19.6 Å². The number of nitro benzene ring substituents is 1. The molecule has 1 heterocycles. The predicted molar refractivity (Wildman–Crippen MR) is 92.3 cm³/mol. The van der Waals surface area contributed by atoms with E-state index < -0.39 is 23.0 Å². The molecule has 1 aromatic carbocycles. The number of hydrogen-bond acceptors (Lipinski definition) is 6. The van der Waals surface area contributed by atoms with Gasteiger partial charge in [0.05, 0.1) is 34.9 Å². The summed E-state index contributed by atoms with van der Waals surface area (Å²) in [4.78, 5) is 23.0. The Morgan fingerprint density at radius 1 is 1.33 bits per heavy atom. The topological polar surface area (TPSA) is 96.5 Å². The highest BCUT2D eigenvalue weighted by Crippen LogP contribution is 2.36. The fourth-order valence-electron chi connectivity index (χ4n) is 2.58. The number of hydrogen-bond donors (Lipinski definition) is 0. The van der Waals surface area contributed by atoms with Gasteiger partial charge in [0.25, 0.3) is 5.69 Å². The number of nitro groups is 1. The molecule has 27 heavy (non-hydrogen) atoms. The van der Waals surface area contributed by atoms with Crippen LogP contribution in [0, 0.1) is 24.0 Å². The number of aryl methyl sites for hydroxylation is 2. The van der Waals surface area contributed by atoms with E-state index in [1.54, 1.807) is 25.6 Å². The minimum atomic E-state index is -3.17. The first-order valence-corrected chi connectivity index (χ1v) is 7.69. The third kappa shape index (κ3) is 4.27. The molecular formula is C17H17F2N3O5. The van der Waals surface area contributed by atoms with Crippen LogP contribution in [0.15, 0.2) is 18.2 Å². The number of carbonyl (C=O) groups is 1. The Hall–Kier alpha value is -3.30. The third-order valence-electron chi connectivity index (χ3n) is 3.90. The fourth-order valence-corrected chi connectivity index (χ4v) is 2.58. The van der Waals surface area contributed by atoms with Crippen LogP contribution in [-0.2, 0) is 7.05 Å². The average Bonchev–Trinajstić information content (AvgIpc) is 2.84. The second kappa shape index (κ2) is 7.94. The Morgan fingerprint density at radius 2 is 2.00 bits per heavy atom. The maximum atomic E-state index is 12.5. The molecule has 0 bridgehead atoms. The first-order valence-electron chi connectivity index (χ1n) is 7.69. The maximum absolute atomic E-state index is 12.5. The lowest BCUT2D eigenvalue weighted by Gasteiger charge is -2.10. The van der Waals surface area contributed by atoms with E-state index in [0.717, 1.165) is 18.2 Å². The Morgan fingerprint density at radius 3 is 2.48 bits per heavy atom. The van der Waals surface area contributed by atoms with E-state index >= 15 is 0 Å². The molecule has 1 aromatic heterocycles. The molecule has 0 atom stereocenters. The number of nitrogens with zero attached hydrogens (tertiary/aromatic N) is 3. The van der Waals surface area contributed by atoms with Crippen molar-refractivity contribution in [1.29, 1.82) is 0 Å². The summed E-state index contributed by atoms with van der Waals surface area (Å²) in [6.07, 6.45) is 2.38. The molecule has 2 aromatic rings. The van der Waals surface area contributed by atoms with Crippen LogP contribution < -0.4 is 9.47 Å². The van der Waals surface area contributed by atoms with Crippen LogP contribution in [-0.4, -0.2) is 34.2 Å². The number of halogens is 2. The van der Waals surface area contributed by atoms with Gasteiger partial charge in [-0.2, -0.15) is 13.9 Å². The van der Waals surface area contributed by atoms with E-state index in [9.17, 15) is 23.7 Å². The number of allylic oxidation sites excluding steroid dienone is 1. The zero-order chi connectivity index (χ0) is 20.3. The lowest BCUT2D eigenvalue weighted by atomic mass is 10.1. The maximum Gasteiger partial charge on any atom is 0.387 e. The largest absolute Gasteiger partial charge is 0.493 e. The van der Waals surface area contributed by atoms with Crippen LogP contribution in [0.25, 0.3) is 6.08 Å². The molecule has 0 N–H and O–H groups in total. The molecule has 0 saturated heterocycles. The highest BCUT2D eigenvalue weighted by molar-refractivity contribution is 6.08. The zero-order valence-electron chi connectivity index (χ0n) is 15.0. The van der Waals surface area contributed by atoms with Crippen LogP contribution in [0.2, 0.25) is 0 Å². The second-order valence-corrected chi connectivity index (χ2v) is 5.56. The number of aromatic nitrogens is 2. The molecule has 0 radical (unpaired) electrons. The predicted octanol–water partition coefficient (Wildman–Crippen LogP) is 3.45. The Labute approximate surface area is 153 Å². The van der Waals surface area contributed by atoms with Gasteiger partial charge in [-0.25, -0.2) is 0 Å². The van der Waals surface area contributed by atoms with Crippen LogP contribution in [0.5, 0.6) is 11.5 Å². The zero-order valence-corrected chi connectivity index (χ0v) is 15.0. The highest BCUT2D eigenvalue weighted by atomic mass is 19.3. The van der Waals surface area contributed by atoms with Crippen molar-refractivity contribution in [3.63, 3.8) is 0 Å². The van der Waals surface area contributed by atoms with Crippen molar-refractivity contribution in [2.75, 3.05) is 7.11 Å². The summed E-state index contributed by atoms with van der Waals surface area (Å²) in [6, 6.07) is 1.98. The van der Waals surface area contributed by atoms with Crippen molar-refractivity contribution in [2.45, 2.75) is 20.5 Å². The van der Waals surface area contributed by atoms with Gasteiger partial charge in [-0.15, -0.1) is 0 Å². The summed E-state index contributed by atoms with van der Waals surface area (Å²) < 4.78 is 35.7. The number of benzene rings is 1. The van der Waals surface area contributed by atoms with Crippen molar-refractivity contribution >= 4 is 17.5 Å². The number of ether oxygens (including phenoxy) is 2. The summed E-state index contributed by atoms with van der Waals surface area (Å²) in [5, 5.41) is 15.4. The van der Waals surface area contributed by atoms with Gasteiger partial charge >= 0.3 is 6.61 Å². The van der Waals surface area contributed by atoms with Gasteiger partial charge in [0.2, 0.25) is 0 Å². The Balaban J connectivity index is 2.46. The SMILES string of the molecule is COc1cc(/C=C/C(=O)c2c(C)nn(C)c2C)c([N+](=O)[O-])cc1OC(F)F. The Bertz CT molecular complexity index is 922. The van der Waals surface area contributed by atoms with E-state index in [1.807, 2.05) is 0 Å². The van der Waals surface area contributed by atoms with Crippen molar-refractivity contribution < 1.29 is 28.0 Å². The van der Waals surface area contributed by atoms with Gasteiger partial charge < -0.3 is 9.47 Å². The van der Waals surface area contributed by atoms with Crippen LogP contribution >= 0.6 is 0 Å². The van der Waals surface area contributed by atoms with Crippen molar-refractivity contribution in [3.8, 4) is 11.5 Å². The Kier molecular flexibility index (Phi) is 5.88. The van der Waals surface area contributed by atoms with Gasteiger partial charge in [0.15, 0.2) is 17.3 Å². The molecule has 0 fully saturated rings. The second-order valence-electron chi connectivity index (χ2n) is 5.56. The molecule has 0 aliphatic heterocycles. The van der Waals surface area contributed by atoms with Crippen molar-refractivity contribution in [1.82, 2.24) is 9.78 Å². The van der Waals surface area contributed by atoms with Crippen molar-refractivity contribution in [2.24, 2.45) is 7.05 Å². The molecule has 0 unspecified atom stereocenters. The third-order valence-corrected chi connectivity index (χ3v) is 3.90. The summed E-state index contributed by atoms with van der Waals surface area (Å²) in [7, 11) is 2.90. The molecule has 0 aliphatic rings. The van der Waals surface area contributed by atoms with Gasteiger partial charge in [0, 0.05) is 12.7 Å². The fraction of sp³-hybridized carbons (Fsp3) is 0.294. The minimum absolute atomic E-state index is 0.00557. The number of carbonyl (C=O) groups excluding carboxylic acids is 1. The van der Waals surface area contributed by atoms with E-state index in [1.165, 1.54) is 13.2 Å². The van der Waals surface area contributed by atoms with Gasteiger partial charge in [0.1, 0.15) is 0 Å². The number of methoxy groups -OCH3 is 1. The molecule has 8 nitrogen and oxygen atoms in total. The average molecular weight is 381 g/mol. The molecule has 10 heteroatoms.